The number of nitrogens with zero attached hydrogens (tertiary/aromatic N) is 4. The Kier molecular flexibility index (Phi) is 4.99. The Morgan fingerprint density at radius 1 is 1.30 bits per heavy atom. The highest BCUT2D eigenvalue weighted by molar-refractivity contribution is 6.28. The van der Waals surface area contributed by atoms with Crippen molar-refractivity contribution < 1.29 is 5.11 Å². The quantitative estimate of drug-likeness (QED) is 0.838. The van der Waals surface area contributed by atoms with E-state index in [4.69, 9.17) is 16.7 Å². The molecule has 2 rings (SSSR count). The fourth-order valence-corrected chi connectivity index (χ4v) is 2.45. The summed E-state index contributed by atoms with van der Waals surface area (Å²) in [4.78, 5) is 14.9. The normalized spacial score (nSPS) is 18.1. The Morgan fingerprint density at radius 2 is 2.00 bits per heavy atom. The van der Waals surface area contributed by atoms with Crippen LogP contribution in [0.15, 0.2) is 0 Å². The number of rotatable bonds is 6. The summed E-state index contributed by atoms with van der Waals surface area (Å²) < 4.78 is 0. The molecule has 2 N–H and O–H groups in total. The number of aliphatic hydroxyl groups is 1. The van der Waals surface area contributed by atoms with Gasteiger partial charge >= 0.3 is 0 Å². The minimum atomic E-state index is -0.248. The van der Waals surface area contributed by atoms with E-state index in [-0.39, 0.29) is 17.4 Å². The van der Waals surface area contributed by atoms with E-state index in [1.54, 1.807) is 0 Å². The predicted octanol–water partition coefficient (Wildman–Crippen LogP) is 2.09. The van der Waals surface area contributed by atoms with Crippen LogP contribution in [0.1, 0.15) is 39.5 Å². The maximum atomic E-state index is 9.17. The van der Waals surface area contributed by atoms with Gasteiger partial charge < -0.3 is 15.3 Å². The van der Waals surface area contributed by atoms with Crippen LogP contribution < -0.4 is 10.2 Å². The Balaban J connectivity index is 2.18. The topological polar surface area (TPSA) is 74.2 Å². The number of hydrogen-bond acceptors (Lipinski definition) is 6. The third-order valence-corrected chi connectivity index (χ3v) is 4.01. The first-order valence-corrected chi connectivity index (χ1v) is 7.50. The third-order valence-electron chi connectivity index (χ3n) is 3.84. The lowest BCUT2D eigenvalue weighted by Crippen LogP contribution is -2.36. The molecule has 1 aliphatic heterocycles. The molecule has 7 heteroatoms. The summed E-state index contributed by atoms with van der Waals surface area (Å²) in [5, 5.41) is 12.6. The lowest BCUT2D eigenvalue weighted by Gasteiger charge is -2.29. The van der Waals surface area contributed by atoms with Crippen LogP contribution in [0.3, 0.4) is 0 Å². The molecule has 1 atom stereocenters. The van der Waals surface area contributed by atoms with E-state index in [9.17, 15) is 0 Å². The zero-order valence-electron chi connectivity index (χ0n) is 12.1. The van der Waals surface area contributed by atoms with Crippen molar-refractivity contribution in [1.29, 1.82) is 0 Å². The molecule has 0 aromatic carbocycles. The first-order chi connectivity index (χ1) is 9.56. The van der Waals surface area contributed by atoms with Crippen molar-refractivity contribution >= 4 is 23.5 Å². The van der Waals surface area contributed by atoms with Gasteiger partial charge in [0.15, 0.2) is 0 Å². The number of aliphatic hydroxyl groups excluding tert-OH is 1. The summed E-state index contributed by atoms with van der Waals surface area (Å²) in [6.07, 6.45) is 3.80. The highest BCUT2D eigenvalue weighted by Gasteiger charge is 2.24. The van der Waals surface area contributed by atoms with Crippen LogP contribution in [0.4, 0.5) is 11.9 Å². The number of hydrogen-bond donors (Lipinski definition) is 2. The van der Waals surface area contributed by atoms with E-state index in [0.717, 1.165) is 32.4 Å². The summed E-state index contributed by atoms with van der Waals surface area (Å²) in [6, 6.07) is 0. The van der Waals surface area contributed by atoms with Crippen LogP contribution in [-0.2, 0) is 0 Å². The van der Waals surface area contributed by atoms with Crippen molar-refractivity contribution in [2.45, 2.75) is 45.1 Å². The largest absolute Gasteiger partial charge is 0.396 e. The highest BCUT2D eigenvalue weighted by Crippen LogP contribution is 2.23. The third kappa shape index (κ3) is 3.70. The minimum Gasteiger partial charge on any atom is -0.396 e. The molecule has 6 nitrogen and oxygen atoms in total. The average molecular weight is 300 g/mol. The average Bonchev–Trinajstić information content (AvgIpc) is 2.92. The zero-order valence-corrected chi connectivity index (χ0v) is 12.8. The van der Waals surface area contributed by atoms with Crippen LogP contribution in [0.25, 0.3) is 0 Å². The first kappa shape index (κ1) is 15.3. The lowest BCUT2D eigenvalue weighted by atomic mass is 9.95. The smallest absolute Gasteiger partial charge is 0.231 e. The molecule has 1 fully saturated rings. The Bertz CT molecular complexity index is 452. The van der Waals surface area contributed by atoms with Crippen molar-refractivity contribution in [2.24, 2.45) is 0 Å². The second-order valence-corrected chi connectivity index (χ2v) is 5.77. The Morgan fingerprint density at radius 3 is 2.60 bits per heavy atom. The lowest BCUT2D eigenvalue weighted by molar-refractivity contribution is 0.251. The van der Waals surface area contributed by atoms with Gasteiger partial charge in [0.25, 0.3) is 0 Å². The van der Waals surface area contributed by atoms with Gasteiger partial charge in [0, 0.05) is 25.2 Å². The summed E-state index contributed by atoms with van der Waals surface area (Å²) in [6.45, 7) is 6.14. The fourth-order valence-electron chi connectivity index (χ4n) is 2.30. The van der Waals surface area contributed by atoms with Crippen molar-refractivity contribution in [3.05, 3.63) is 5.28 Å². The van der Waals surface area contributed by atoms with Gasteiger partial charge in [-0.05, 0) is 44.2 Å². The summed E-state index contributed by atoms with van der Waals surface area (Å²) in [7, 11) is 0. The molecule has 0 radical (unpaired) electrons. The van der Waals surface area contributed by atoms with Crippen LogP contribution >= 0.6 is 11.6 Å². The van der Waals surface area contributed by atoms with Crippen molar-refractivity contribution in [2.75, 3.05) is 29.9 Å². The molecule has 0 bridgehead atoms. The highest BCUT2D eigenvalue weighted by atomic mass is 35.5. The molecule has 20 heavy (non-hydrogen) atoms. The molecular weight excluding hydrogens is 278 g/mol. The monoisotopic (exact) mass is 299 g/mol. The van der Waals surface area contributed by atoms with E-state index >= 15 is 0 Å². The molecule has 1 aromatic heterocycles. The maximum absolute atomic E-state index is 9.17. The summed E-state index contributed by atoms with van der Waals surface area (Å²) >= 11 is 6.00. The standard InChI is InChI=1S/C13H22ClN5O/c1-3-13(2,6-9-20)18-11-15-10(14)16-12(17-11)19-7-4-5-8-19/h20H,3-9H2,1-2H3,(H,15,16,17,18). The molecule has 0 amide bonds. The van der Waals surface area contributed by atoms with Crippen molar-refractivity contribution in [3.63, 3.8) is 0 Å². The van der Waals surface area contributed by atoms with Gasteiger partial charge in [-0.3, -0.25) is 0 Å². The number of aromatic nitrogens is 3. The molecular formula is C13H22ClN5O. The van der Waals surface area contributed by atoms with Gasteiger partial charge in [0.05, 0.1) is 0 Å². The van der Waals surface area contributed by atoms with Gasteiger partial charge in [-0.1, -0.05) is 6.92 Å². The molecule has 1 aromatic rings. The van der Waals surface area contributed by atoms with Crippen LogP contribution in [-0.4, -0.2) is 45.3 Å². The zero-order chi connectivity index (χ0) is 14.6. The van der Waals surface area contributed by atoms with Crippen molar-refractivity contribution in [3.8, 4) is 0 Å². The summed E-state index contributed by atoms with van der Waals surface area (Å²) in [5.41, 5.74) is -0.248. The SMILES string of the molecule is CCC(C)(CCO)Nc1nc(Cl)nc(N2CCCC2)n1. The second-order valence-electron chi connectivity index (χ2n) is 5.44. The van der Waals surface area contributed by atoms with Gasteiger partial charge in [-0.2, -0.15) is 15.0 Å². The molecule has 0 saturated carbocycles. The van der Waals surface area contributed by atoms with E-state index in [1.165, 1.54) is 0 Å². The molecule has 1 unspecified atom stereocenters. The van der Waals surface area contributed by atoms with Crippen LogP contribution in [0.5, 0.6) is 0 Å². The van der Waals surface area contributed by atoms with Crippen molar-refractivity contribution in [1.82, 2.24) is 15.0 Å². The maximum Gasteiger partial charge on any atom is 0.231 e. The Labute approximate surface area is 124 Å². The van der Waals surface area contributed by atoms with Crippen LogP contribution in [0.2, 0.25) is 5.28 Å². The van der Waals surface area contributed by atoms with Gasteiger partial charge in [-0.15, -0.1) is 0 Å². The molecule has 112 valence electrons. The first-order valence-electron chi connectivity index (χ1n) is 7.12. The second kappa shape index (κ2) is 6.54. The molecule has 1 aliphatic rings. The number of anilines is 2. The van der Waals surface area contributed by atoms with Crippen LogP contribution in [0, 0.1) is 0 Å². The van der Waals surface area contributed by atoms with E-state index < -0.39 is 0 Å². The number of nitrogens with one attached hydrogen (secondary N) is 1. The predicted molar refractivity (Wildman–Crippen MR) is 80.3 cm³/mol. The molecule has 0 aliphatic carbocycles. The molecule has 0 spiro atoms. The van der Waals surface area contributed by atoms with Gasteiger partial charge in [0.2, 0.25) is 17.2 Å². The van der Waals surface area contributed by atoms with E-state index in [2.05, 4.69) is 32.1 Å². The fraction of sp³-hybridized carbons (Fsp3) is 0.769. The number of halogens is 1. The van der Waals surface area contributed by atoms with E-state index in [0.29, 0.717) is 18.3 Å². The van der Waals surface area contributed by atoms with Gasteiger partial charge in [0.1, 0.15) is 0 Å². The van der Waals surface area contributed by atoms with E-state index in [1.807, 2.05) is 6.92 Å². The Hall–Kier alpha value is -1.14. The van der Waals surface area contributed by atoms with Gasteiger partial charge in [-0.25, -0.2) is 0 Å². The molecule has 1 saturated heterocycles. The summed E-state index contributed by atoms with van der Waals surface area (Å²) in [5.74, 6) is 1.11. The minimum absolute atomic E-state index is 0.120. The molecule has 2 heterocycles.